The summed E-state index contributed by atoms with van der Waals surface area (Å²) in [6.07, 6.45) is -0.953. The highest BCUT2D eigenvalue weighted by atomic mass is 35.5. The topological polar surface area (TPSA) is 72.5 Å². The quantitative estimate of drug-likeness (QED) is 0.615. The van der Waals surface area contributed by atoms with Crippen molar-refractivity contribution in [2.75, 3.05) is 6.54 Å². The molecule has 2 aromatic carbocycles. The Kier molecular flexibility index (Phi) is 6.56. The van der Waals surface area contributed by atoms with Gasteiger partial charge in [-0.1, -0.05) is 53.5 Å². The number of carbonyl (C=O) groups excluding carboxylic acids is 3. The maximum absolute atomic E-state index is 12.1. The fraction of sp³-hybridized carbons (Fsp3) is 0.167. The Labute approximate surface area is 154 Å². The van der Waals surface area contributed by atoms with E-state index in [1.54, 1.807) is 30.3 Å². The van der Waals surface area contributed by atoms with Crippen LogP contribution in [0.1, 0.15) is 27.6 Å². The van der Waals surface area contributed by atoms with Crippen molar-refractivity contribution in [2.45, 2.75) is 13.0 Å². The summed E-state index contributed by atoms with van der Waals surface area (Å²) < 4.78 is 5.04. The van der Waals surface area contributed by atoms with Crippen molar-refractivity contribution in [3.8, 4) is 0 Å². The number of hydrogen-bond acceptors (Lipinski definition) is 4. The summed E-state index contributed by atoms with van der Waals surface area (Å²) in [5.41, 5.74) is 0.632. The van der Waals surface area contributed by atoms with Gasteiger partial charge in [0.25, 0.3) is 5.91 Å². The lowest BCUT2D eigenvalue weighted by molar-refractivity contribution is -0.145. The minimum Gasteiger partial charge on any atom is -0.453 e. The van der Waals surface area contributed by atoms with E-state index < -0.39 is 18.0 Å². The minimum atomic E-state index is -0.953. The van der Waals surface area contributed by atoms with E-state index in [2.05, 4.69) is 5.32 Å². The SMILES string of the molecule is C[C@@H](OC(=O)CNC(=O)c1ccc(Cl)cc1Cl)C(=O)c1ccccc1. The molecule has 0 spiro atoms. The van der Waals surface area contributed by atoms with Gasteiger partial charge in [0.15, 0.2) is 6.10 Å². The lowest BCUT2D eigenvalue weighted by Gasteiger charge is -2.13. The van der Waals surface area contributed by atoms with Gasteiger partial charge in [-0.05, 0) is 25.1 Å². The van der Waals surface area contributed by atoms with Crippen LogP contribution in [-0.4, -0.2) is 30.3 Å². The molecule has 1 N–H and O–H groups in total. The number of Topliss-reactive ketones (excluding diaryl/α,β-unsaturated/α-hetero) is 1. The monoisotopic (exact) mass is 379 g/mol. The fourth-order valence-corrected chi connectivity index (χ4v) is 2.55. The smallest absolute Gasteiger partial charge is 0.326 e. The molecule has 130 valence electrons. The third kappa shape index (κ3) is 5.31. The molecule has 0 aromatic heterocycles. The molecule has 0 aliphatic heterocycles. The van der Waals surface area contributed by atoms with Crippen molar-refractivity contribution in [1.82, 2.24) is 5.32 Å². The molecule has 0 saturated carbocycles. The van der Waals surface area contributed by atoms with Crippen molar-refractivity contribution in [2.24, 2.45) is 0 Å². The second-order valence-corrected chi connectivity index (χ2v) is 6.01. The number of nitrogens with one attached hydrogen (secondary N) is 1. The van der Waals surface area contributed by atoms with Crippen LogP contribution in [0.15, 0.2) is 48.5 Å². The zero-order valence-electron chi connectivity index (χ0n) is 13.3. The summed E-state index contributed by atoms with van der Waals surface area (Å²) >= 11 is 11.7. The van der Waals surface area contributed by atoms with Gasteiger partial charge >= 0.3 is 5.97 Å². The van der Waals surface area contributed by atoms with Crippen LogP contribution >= 0.6 is 23.2 Å². The molecule has 0 aliphatic rings. The highest BCUT2D eigenvalue weighted by Crippen LogP contribution is 2.20. The van der Waals surface area contributed by atoms with Crippen LogP contribution in [0, 0.1) is 0 Å². The molecule has 5 nitrogen and oxygen atoms in total. The van der Waals surface area contributed by atoms with Crippen LogP contribution in [0.25, 0.3) is 0 Å². The normalized spacial score (nSPS) is 11.5. The first-order chi connectivity index (χ1) is 11.9. The molecule has 1 amide bonds. The fourth-order valence-electron chi connectivity index (χ4n) is 2.05. The molecule has 0 radical (unpaired) electrons. The zero-order chi connectivity index (χ0) is 18.4. The predicted octanol–water partition coefficient (Wildman–Crippen LogP) is 3.54. The van der Waals surface area contributed by atoms with E-state index in [9.17, 15) is 14.4 Å². The van der Waals surface area contributed by atoms with Gasteiger partial charge in [0.1, 0.15) is 6.54 Å². The molecule has 0 saturated heterocycles. The van der Waals surface area contributed by atoms with Gasteiger partial charge in [-0.25, -0.2) is 0 Å². The van der Waals surface area contributed by atoms with Crippen LogP contribution in [0.3, 0.4) is 0 Å². The second kappa shape index (κ2) is 8.65. The Hall–Kier alpha value is -2.37. The number of benzene rings is 2. The first-order valence-electron chi connectivity index (χ1n) is 7.40. The number of amides is 1. The molecule has 25 heavy (non-hydrogen) atoms. The number of carbonyl (C=O) groups is 3. The van der Waals surface area contributed by atoms with Gasteiger partial charge in [-0.15, -0.1) is 0 Å². The van der Waals surface area contributed by atoms with E-state index in [4.69, 9.17) is 27.9 Å². The maximum Gasteiger partial charge on any atom is 0.326 e. The molecule has 0 aliphatic carbocycles. The standard InChI is InChI=1S/C18H15Cl2NO4/c1-11(17(23)12-5-3-2-4-6-12)25-16(22)10-21-18(24)14-8-7-13(19)9-15(14)20/h2-9,11H,10H2,1H3,(H,21,24)/t11-/m1/s1. The van der Waals surface area contributed by atoms with Crippen LogP contribution in [-0.2, 0) is 9.53 Å². The van der Waals surface area contributed by atoms with Crippen LogP contribution in [0.5, 0.6) is 0 Å². The highest BCUT2D eigenvalue weighted by molar-refractivity contribution is 6.36. The first-order valence-corrected chi connectivity index (χ1v) is 8.16. The molecular weight excluding hydrogens is 365 g/mol. The minimum absolute atomic E-state index is 0.172. The van der Waals surface area contributed by atoms with Crippen molar-refractivity contribution >= 4 is 40.9 Å². The van der Waals surface area contributed by atoms with E-state index in [-0.39, 0.29) is 22.9 Å². The Morgan fingerprint density at radius 2 is 1.76 bits per heavy atom. The third-order valence-electron chi connectivity index (χ3n) is 3.30. The molecule has 0 unspecified atom stereocenters. The van der Waals surface area contributed by atoms with Crippen LogP contribution < -0.4 is 5.32 Å². The average molecular weight is 380 g/mol. The van der Waals surface area contributed by atoms with Gasteiger partial charge in [-0.3, -0.25) is 14.4 Å². The molecule has 2 rings (SSSR count). The van der Waals surface area contributed by atoms with E-state index in [0.717, 1.165) is 0 Å². The largest absolute Gasteiger partial charge is 0.453 e. The number of halogens is 2. The summed E-state index contributed by atoms with van der Waals surface area (Å²) in [6, 6.07) is 12.9. The Morgan fingerprint density at radius 3 is 2.40 bits per heavy atom. The number of hydrogen-bond donors (Lipinski definition) is 1. The summed E-state index contributed by atoms with van der Waals surface area (Å²) in [7, 11) is 0. The molecular formula is C18H15Cl2NO4. The van der Waals surface area contributed by atoms with E-state index in [0.29, 0.717) is 10.6 Å². The molecule has 1 atom stereocenters. The predicted molar refractivity (Wildman–Crippen MR) is 95.1 cm³/mol. The lowest BCUT2D eigenvalue weighted by Crippen LogP contribution is -2.34. The second-order valence-electron chi connectivity index (χ2n) is 5.17. The number of rotatable bonds is 6. The van der Waals surface area contributed by atoms with E-state index in [1.165, 1.54) is 25.1 Å². The summed E-state index contributed by atoms with van der Waals surface area (Å²) in [5, 5.41) is 2.96. The molecule has 2 aromatic rings. The van der Waals surface area contributed by atoms with Crippen molar-refractivity contribution in [3.63, 3.8) is 0 Å². The first kappa shape index (κ1) is 19.0. The van der Waals surface area contributed by atoms with Crippen molar-refractivity contribution in [3.05, 3.63) is 69.7 Å². The molecule has 0 fully saturated rings. The summed E-state index contributed by atoms with van der Waals surface area (Å²) in [6.45, 7) is 1.09. The average Bonchev–Trinajstić information content (AvgIpc) is 2.59. The number of ether oxygens (including phenoxy) is 1. The van der Waals surface area contributed by atoms with Crippen LogP contribution in [0.4, 0.5) is 0 Å². The van der Waals surface area contributed by atoms with Gasteiger partial charge in [0, 0.05) is 10.6 Å². The number of esters is 1. The maximum atomic E-state index is 12.1. The lowest BCUT2D eigenvalue weighted by atomic mass is 10.1. The van der Waals surface area contributed by atoms with E-state index in [1.807, 2.05) is 0 Å². The Morgan fingerprint density at radius 1 is 1.08 bits per heavy atom. The van der Waals surface area contributed by atoms with Crippen molar-refractivity contribution < 1.29 is 19.1 Å². The van der Waals surface area contributed by atoms with Crippen molar-refractivity contribution in [1.29, 1.82) is 0 Å². The molecule has 0 heterocycles. The van der Waals surface area contributed by atoms with Gasteiger partial charge < -0.3 is 10.1 Å². The molecule has 0 bridgehead atoms. The zero-order valence-corrected chi connectivity index (χ0v) is 14.8. The Bertz CT molecular complexity index is 793. The van der Waals surface area contributed by atoms with E-state index >= 15 is 0 Å². The van der Waals surface area contributed by atoms with Crippen LogP contribution in [0.2, 0.25) is 10.0 Å². The van der Waals surface area contributed by atoms with Gasteiger partial charge in [0.2, 0.25) is 5.78 Å². The Balaban J connectivity index is 1.88. The third-order valence-corrected chi connectivity index (χ3v) is 3.85. The number of ketones is 1. The van der Waals surface area contributed by atoms with Gasteiger partial charge in [-0.2, -0.15) is 0 Å². The summed E-state index contributed by atoms with van der Waals surface area (Å²) in [5.74, 6) is -1.59. The summed E-state index contributed by atoms with van der Waals surface area (Å²) in [4.78, 5) is 36.0. The van der Waals surface area contributed by atoms with Gasteiger partial charge in [0.05, 0.1) is 10.6 Å². The molecule has 7 heteroatoms. The highest BCUT2D eigenvalue weighted by Gasteiger charge is 2.20.